The van der Waals surface area contributed by atoms with E-state index in [-0.39, 0.29) is 0 Å². The van der Waals surface area contributed by atoms with Gasteiger partial charge in [-0.3, -0.25) is 4.99 Å². The molecule has 1 aromatic rings. The molecular weight excluding hydrogens is 298 g/mol. The molecule has 0 aromatic heterocycles. The highest BCUT2D eigenvalue weighted by atomic mass is 16.5. The number of methoxy groups -OCH3 is 1. The maximum Gasteiger partial charge on any atom is 0.193 e. The first-order valence-electron chi connectivity index (χ1n) is 7.83. The van der Waals surface area contributed by atoms with Crippen LogP contribution in [0.3, 0.4) is 0 Å². The van der Waals surface area contributed by atoms with E-state index in [1.54, 1.807) is 7.11 Å². The second-order valence-corrected chi connectivity index (χ2v) is 5.06. The molecule has 0 atom stereocenters. The molecular formula is C16H25N3O4. The highest BCUT2D eigenvalue weighted by Crippen LogP contribution is 2.32. The Hall–Kier alpha value is -1.99. The van der Waals surface area contributed by atoms with Gasteiger partial charge in [0.25, 0.3) is 0 Å². The minimum atomic E-state index is 0.372. The summed E-state index contributed by atoms with van der Waals surface area (Å²) >= 11 is 0. The Morgan fingerprint density at radius 1 is 1.22 bits per heavy atom. The van der Waals surface area contributed by atoms with Gasteiger partial charge in [-0.15, -0.1) is 0 Å². The molecule has 0 saturated heterocycles. The lowest BCUT2D eigenvalue weighted by atomic mass is 10.3. The Morgan fingerprint density at radius 2 is 2.04 bits per heavy atom. The van der Waals surface area contributed by atoms with Gasteiger partial charge < -0.3 is 30.0 Å². The number of rotatable bonds is 8. The zero-order valence-corrected chi connectivity index (χ0v) is 13.5. The molecule has 0 amide bonds. The van der Waals surface area contributed by atoms with Crippen LogP contribution in [0, 0.1) is 0 Å². The van der Waals surface area contributed by atoms with E-state index in [0.717, 1.165) is 30.0 Å². The third-order valence-corrected chi connectivity index (χ3v) is 3.18. The fraction of sp³-hybridized carbons (Fsp3) is 0.562. The Labute approximate surface area is 136 Å². The number of ether oxygens (including phenoxy) is 4. The minimum Gasteiger partial charge on any atom is -0.490 e. The van der Waals surface area contributed by atoms with E-state index < -0.39 is 0 Å². The molecule has 0 spiro atoms. The molecule has 0 unspecified atom stereocenters. The molecule has 0 fully saturated rings. The molecule has 23 heavy (non-hydrogen) atoms. The monoisotopic (exact) mass is 323 g/mol. The summed E-state index contributed by atoms with van der Waals surface area (Å²) in [6, 6.07) is 5.64. The molecule has 1 heterocycles. The second-order valence-electron chi connectivity index (χ2n) is 5.06. The largest absolute Gasteiger partial charge is 0.490 e. The van der Waals surface area contributed by atoms with Gasteiger partial charge in [0.1, 0.15) is 0 Å². The van der Waals surface area contributed by atoms with Crippen LogP contribution in [-0.2, 0) is 9.47 Å². The molecule has 0 saturated carbocycles. The lowest BCUT2D eigenvalue weighted by molar-refractivity contribution is 0.0702. The van der Waals surface area contributed by atoms with Crippen molar-refractivity contribution >= 4 is 11.6 Å². The number of benzene rings is 1. The Kier molecular flexibility index (Phi) is 7.48. The molecule has 3 N–H and O–H groups in total. The third kappa shape index (κ3) is 6.33. The average Bonchev–Trinajstić information content (AvgIpc) is 2.79. The average molecular weight is 323 g/mol. The first kappa shape index (κ1) is 17.4. The van der Waals surface area contributed by atoms with Crippen molar-refractivity contribution in [3.05, 3.63) is 18.2 Å². The van der Waals surface area contributed by atoms with E-state index in [9.17, 15) is 0 Å². The van der Waals surface area contributed by atoms with Crippen molar-refractivity contribution in [3.8, 4) is 11.5 Å². The predicted molar refractivity (Wildman–Crippen MR) is 89.5 cm³/mol. The fourth-order valence-electron chi connectivity index (χ4n) is 2.04. The summed E-state index contributed by atoms with van der Waals surface area (Å²) in [4.78, 5) is 4.27. The van der Waals surface area contributed by atoms with Crippen molar-refractivity contribution in [1.82, 2.24) is 0 Å². The summed E-state index contributed by atoms with van der Waals surface area (Å²) in [5.41, 5.74) is 6.71. The van der Waals surface area contributed by atoms with Crippen molar-refractivity contribution in [2.24, 2.45) is 10.7 Å². The van der Waals surface area contributed by atoms with Gasteiger partial charge in [-0.1, -0.05) is 0 Å². The Balaban J connectivity index is 1.75. The maximum atomic E-state index is 5.88. The van der Waals surface area contributed by atoms with Crippen LogP contribution in [0.25, 0.3) is 0 Å². The van der Waals surface area contributed by atoms with Crippen molar-refractivity contribution < 1.29 is 18.9 Å². The standard InChI is InChI=1S/C16H25N3O4/c1-20-10-11-21-7-2-6-18-16(17)19-13-4-5-14-15(12-13)23-9-3-8-22-14/h4-5,12H,2-3,6-11H2,1H3,(H3,17,18,19). The van der Waals surface area contributed by atoms with Crippen molar-refractivity contribution in [3.63, 3.8) is 0 Å². The molecule has 0 aliphatic carbocycles. The molecule has 128 valence electrons. The van der Waals surface area contributed by atoms with E-state index in [1.807, 2.05) is 18.2 Å². The Morgan fingerprint density at radius 3 is 2.87 bits per heavy atom. The van der Waals surface area contributed by atoms with Gasteiger partial charge in [0.05, 0.1) is 26.4 Å². The van der Waals surface area contributed by atoms with E-state index in [2.05, 4.69) is 10.3 Å². The number of hydrogen-bond acceptors (Lipinski definition) is 5. The van der Waals surface area contributed by atoms with Crippen LogP contribution in [-0.4, -0.2) is 52.6 Å². The van der Waals surface area contributed by atoms with Crippen LogP contribution in [0.1, 0.15) is 12.8 Å². The highest BCUT2D eigenvalue weighted by Gasteiger charge is 2.10. The highest BCUT2D eigenvalue weighted by molar-refractivity contribution is 5.92. The summed E-state index contributed by atoms with van der Waals surface area (Å²) < 4.78 is 21.5. The molecule has 7 nitrogen and oxygen atoms in total. The predicted octanol–water partition coefficient (Wildman–Crippen LogP) is 1.63. The second kappa shape index (κ2) is 9.91. The number of nitrogens with zero attached hydrogens (tertiary/aromatic N) is 1. The number of fused-ring (bicyclic) bond motifs is 1. The number of anilines is 1. The van der Waals surface area contributed by atoms with E-state index >= 15 is 0 Å². The van der Waals surface area contributed by atoms with Crippen LogP contribution in [0.2, 0.25) is 0 Å². The van der Waals surface area contributed by atoms with Crippen molar-refractivity contribution in [2.45, 2.75) is 12.8 Å². The van der Waals surface area contributed by atoms with E-state index in [1.165, 1.54) is 0 Å². The third-order valence-electron chi connectivity index (χ3n) is 3.18. The van der Waals surface area contributed by atoms with Crippen molar-refractivity contribution in [1.29, 1.82) is 0 Å². The summed E-state index contributed by atoms with van der Waals surface area (Å²) in [6.07, 6.45) is 1.70. The van der Waals surface area contributed by atoms with Crippen LogP contribution < -0.4 is 20.5 Å². The zero-order chi connectivity index (χ0) is 16.3. The molecule has 0 radical (unpaired) electrons. The van der Waals surface area contributed by atoms with Crippen LogP contribution in [0.15, 0.2) is 23.2 Å². The topological polar surface area (TPSA) is 87.3 Å². The summed E-state index contributed by atoms with van der Waals surface area (Å²) in [5, 5.41) is 3.06. The van der Waals surface area contributed by atoms with Gasteiger partial charge >= 0.3 is 0 Å². The van der Waals surface area contributed by atoms with Crippen LogP contribution >= 0.6 is 0 Å². The van der Waals surface area contributed by atoms with Gasteiger partial charge in [0.15, 0.2) is 17.5 Å². The zero-order valence-electron chi connectivity index (χ0n) is 13.5. The maximum absolute atomic E-state index is 5.88. The van der Waals surface area contributed by atoms with Crippen molar-refractivity contribution in [2.75, 3.05) is 52.0 Å². The van der Waals surface area contributed by atoms with Gasteiger partial charge in [0.2, 0.25) is 0 Å². The summed E-state index contributed by atoms with van der Waals surface area (Å²) in [6.45, 7) is 3.79. The van der Waals surface area contributed by atoms with Crippen LogP contribution in [0.4, 0.5) is 5.69 Å². The lowest BCUT2D eigenvalue weighted by Crippen LogP contribution is -2.23. The molecule has 1 aliphatic heterocycles. The normalized spacial score (nSPS) is 14.4. The number of aliphatic imine (C=N–C) groups is 1. The molecule has 7 heteroatoms. The molecule has 0 bridgehead atoms. The molecule has 2 rings (SSSR count). The van der Waals surface area contributed by atoms with Gasteiger partial charge in [-0.05, 0) is 18.6 Å². The first-order chi connectivity index (χ1) is 11.3. The fourth-order valence-corrected chi connectivity index (χ4v) is 2.04. The SMILES string of the molecule is COCCOCCCN=C(N)Nc1ccc2c(c1)OCCCO2. The number of nitrogens with two attached hydrogens (primary N) is 1. The summed E-state index contributed by atoms with van der Waals surface area (Å²) in [7, 11) is 1.65. The van der Waals surface area contributed by atoms with Crippen LogP contribution in [0.5, 0.6) is 11.5 Å². The quantitative estimate of drug-likeness (QED) is 0.429. The van der Waals surface area contributed by atoms with E-state index in [0.29, 0.717) is 45.5 Å². The van der Waals surface area contributed by atoms with Gasteiger partial charge in [-0.25, -0.2) is 0 Å². The van der Waals surface area contributed by atoms with E-state index in [4.69, 9.17) is 24.7 Å². The number of guanidine groups is 1. The van der Waals surface area contributed by atoms with Gasteiger partial charge in [0, 0.05) is 38.4 Å². The summed E-state index contributed by atoms with van der Waals surface area (Å²) in [5.74, 6) is 1.86. The first-order valence-corrected chi connectivity index (χ1v) is 7.83. The van der Waals surface area contributed by atoms with Gasteiger partial charge in [-0.2, -0.15) is 0 Å². The smallest absolute Gasteiger partial charge is 0.193 e. The number of hydrogen-bond donors (Lipinski definition) is 2. The minimum absolute atomic E-state index is 0.372. The number of nitrogens with one attached hydrogen (secondary N) is 1. The molecule has 1 aliphatic rings. The molecule has 1 aromatic carbocycles. The lowest BCUT2D eigenvalue weighted by Gasteiger charge is -2.10. The Bertz CT molecular complexity index is 508.